The van der Waals surface area contributed by atoms with Gasteiger partial charge in [-0.2, -0.15) is 0 Å². The van der Waals surface area contributed by atoms with Gasteiger partial charge in [-0.05, 0) is 77.6 Å². The molecule has 1 aliphatic heterocycles. The molecular formula is C32H26Br2N2O. The van der Waals surface area contributed by atoms with Gasteiger partial charge in [-0.25, -0.2) is 0 Å². The molecule has 0 radical (unpaired) electrons. The number of nitrogens with zero attached hydrogens (tertiary/aromatic N) is 1. The lowest BCUT2D eigenvalue weighted by atomic mass is 9.77. The quantitative estimate of drug-likeness (QED) is 0.174. The van der Waals surface area contributed by atoms with E-state index in [2.05, 4.69) is 110 Å². The highest BCUT2D eigenvalue weighted by Crippen LogP contribution is 2.49. The first-order valence-corrected chi connectivity index (χ1v) is 14.1. The molecule has 0 spiro atoms. The zero-order valence-electron chi connectivity index (χ0n) is 20.1. The largest absolute Gasteiger partial charge is 0.488 e. The Bertz CT molecular complexity index is 1460. The summed E-state index contributed by atoms with van der Waals surface area (Å²) in [5.74, 6) is 1.82. The van der Waals surface area contributed by atoms with Crippen LogP contribution in [-0.2, 0) is 6.61 Å². The van der Waals surface area contributed by atoms with Gasteiger partial charge in [0.05, 0.1) is 11.7 Å². The second-order valence-corrected chi connectivity index (χ2v) is 11.3. The highest BCUT2D eigenvalue weighted by Gasteiger charge is 2.37. The molecule has 184 valence electrons. The molecule has 0 unspecified atom stereocenters. The Kier molecular flexibility index (Phi) is 6.99. The lowest BCUT2D eigenvalue weighted by molar-refractivity contribution is 0.306. The first-order valence-electron chi connectivity index (χ1n) is 12.5. The van der Waals surface area contributed by atoms with Crippen LogP contribution in [0, 0.1) is 5.92 Å². The van der Waals surface area contributed by atoms with E-state index in [1.54, 1.807) is 0 Å². The van der Waals surface area contributed by atoms with Gasteiger partial charge in [-0.1, -0.05) is 86.5 Å². The molecule has 0 amide bonds. The third kappa shape index (κ3) is 5.29. The van der Waals surface area contributed by atoms with Crippen molar-refractivity contribution in [3.05, 3.63) is 134 Å². The average molecular weight is 614 g/mol. The average Bonchev–Trinajstić information content (AvgIpc) is 3.43. The summed E-state index contributed by atoms with van der Waals surface area (Å²) in [7, 11) is 0. The number of halogens is 2. The second-order valence-electron chi connectivity index (χ2n) is 9.51. The van der Waals surface area contributed by atoms with Crippen molar-refractivity contribution < 1.29 is 4.74 Å². The van der Waals surface area contributed by atoms with Crippen molar-refractivity contribution in [2.24, 2.45) is 10.9 Å². The highest BCUT2D eigenvalue weighted by atomic mass is 79.9. The number of rotatable bonds is 6. The van der Waals surface area contributed by atoms with E-state index in [1.165, 1.54) is 16.8 Å². The predicted molar refractivity (Wildman–Crippen MR) is 159 cm³/mol. The van der Waals surface area contributed by atoms with Crippen LogP contribution in [0.2, 0.25) is 0 Å². The summed E-state index contributed by atoms with van der Waals surface area (Å²) in [6, 6.07) is 31.8. The van der Waals surface area contributed by atoms with Crippen LogP contribution in [0.1, 0.15) is 40.6 Å². The maximum Gasteiger partial charge on any atom is 0.128 e. The van der Waals surface area contributed by atoms with Crippen molar-refractivity contribution in [3.63, 3.8) is 0 Å². The zero-order valence-corrected chi connectivity index (χ0v) is 23.3. The summed E-state index contributed by atoms with van der Waals surface area (Å²) < 4.78 is 8.18. The molecule has 0 saturated heterocycles. The monoisotopic (exact) mass is 612 g/mol. The highest BCUT2D eigenvalue weighted by molar-refractivity contribution is 9.10. The Morgan fingerprint density at radius 3 is 2.51 bits per heavy atom. The lowest BCUT2D eigenvalue weighted by Crippen LogP contribution is -2.28. The summed E-state index contributed by atoms with van der Waals surface area (Å²) in [6.45, 7) is 0.499. The van der Waals surface area contributed by atoms with Gasteiger partial charge in [-0.3, -0.25) is 4.99 Å². The van der Waals surface area contributed by atoms with Gasteiger partial charge in [0.15, 0.2) is 0 Å². The van der Waals surface area contributed by atoms with Crippen molar-refractivity contribution in [1.82, 2.24) is 0 Å². The number of anilines is 1. The van der Waals surface area contributed by atoms with Crippen molar-refractivity contribution in [3.8, 4) is 5.75 Å². The summed E-state index contributed by atoms with van der Waals surface area (Å²) >= 11 is 7.06. The van der Waals surface area contributed by atoms with Gasteiger partial charge in [0.25, 0.3) is 0 Å². The van der Waals surface area contributed by atoms with Crippen LogP contribution in [0.3, 0.4) is 0 Å². The van der Waals surface area contributed by atoms with Gasteiger partial charge >= 0.3 is 0 Å². The third-order valence-corrected chi connectivity index (χ3v) is 8.18. The molecule has 0 saturated carbocycles. The maximum absolute atomic E-state index is 6.13. The Balaban J connectivity index is 1.18. The van der Waals surface area contributed by atoms with Crippen molar-refractivity contribution >= 4 is 49.4 Å². The van der Waals surface area contributed by atoms with Crippen LogP contribution in [-0.4, -0.2) is 6.21 Å². The van der Waals surface area contributed by atoms with E-state index in [-0.39, 0.29) is 6.04 Å². The SMILES string of the molecule is Brc1ccc(COc2ccc(Br)cc2C=Nc2ccc([C@@H]3Nc4ccccc4[C@H]4C=CC[C@H]43)cc2)cc1. The van der Waals surface area contributed by atoms with Gasteiger partial charge in [-0.15, -0.1) is 0 Å². The van der Waals surface area contributed by atoms with Gasteiger partial charge in [0.2, 0.25) is 0 Å². The molecule has 3 atom stereocenters. The summed E-state index contributed by atoms with van der Waals surface area (Å²) in [5, 5.41) is 3.80. The molecule has 4 aromatic carbocycles. The fourth-order valence-electron chi connectivity index (χ4n) is 5.28. The number of para-hydroxylation sites is 1. The van der Waals surface area contributed by atoms with Crippen LogP contribution < -0.4 is 10.1 Å². The maximum atomic E-state index is 6.13. The molecule has 3 nitrogen and oxygen atoms in total. The minimum atomic E-state index is 0.289. The molecular weight excluding hydrogens is 588 g/mol. The van der Waals surface area contributed by atoms with Gasteiger partial charge in [0, 0.05) is 32.3 Å². The number of benzene rings is 4. The van der Waals surface area contributed by atoms with Gasteiger partial charge in [0.1, 0.15) is 12.4 Å². The molecule has 1 N–H and O–H groups in total. The first kappa shape index (κ1) is 24.2. The number of allylic oxidation sites excluding steroid dienone is 2. The second kappa shape index (κ2) is 10.7. The van der Waals surface area contributed by atoms with E-state index < -0.39 is 0 Å². The van der Waals surface area contributed by atoms with E-state index in [0.29, 0.717) is 18.4 Å². The van der Waals surface area contributed by atoms with Gasteiger partial charge < -0.3 is 10.1 Å². The zero-order chi connectivity index (χ0) is 25.2. The number of hydrogen-bond acceptors (Lipinski definition) is 3. The molecule has 4 aromatic rings. The molecule has 0 bridgehead atoms. The molecule has 0 fully saturated rings. The van der Waals surface area contributed by atoms with E-state index in [1.807, 2.05) is 36.5 Å². The molecule has 5 heteroatoms. The topological polar surface area (TPSA) is 33.6 Å². The Labute approximate surface area is 234 Å². The van der Waals surface area contributed by atoms with Crippen molar-refractivity contribution in [2.75, 3.05) is 5.32 Å². The molecule has 6 rings (SSSR count). The molecule has 37 heavy (non-hydrogen) atoms. The normalized spacial score (nSPS) is 19.9. The number of nitrogens with one attached hydrogen (secondary N) is 1. The molecule has 0 aromatic heterocycles. The van der Waals surface area contributed by atoms with E-state index in [0.717, 1.165) is 37.9 Å². The fourth-order valence-corrected chi connectivity index (χ4v) is 5.92. The molecule has 2 aliphatic rings. The first-order chi connectivity index (χ1) is 18.1. The minimum absolute atomic E-state index is 0.289. The van der Waals surface area contributed by atoms with Crippen LogP contribution in [0.5, 0.6) is 5.75 Å². The summed E-state index contributed by atoms with van der Waals surface area (Å²) in [4.78, 5) is 4.77. The van der Waals surface area contributed by atoms with E-state index in [4.69, 9.17) is 9.73 Å². The van der Waals surface area contributed by atoms with Crippen LogP contribution >= 0.6 is 31.9 Å². The Morgan fingerprint density at radius 1 is 0.892 bits per heavy atom. The lowest BCUT2D eigenvalue weighted by Gasteiger charge is -2.37. The van der Waals surface area contributed by atoms with Crippen molar-refractivity contribution in [1.29, 1.82) is 0 Å². The standard InChI is InChI=1S/C32H26Br2N2O/c33-24-12-8-21(9-13-24)20-37-31-17-14-25(34)18-23(31)19-35-26-15-10-22(11-16-26)32-29-6-3-5-27(29)28-4-1-2-7-30(28)36-32/h1-5,7-19,27,29,32,36H,6,20H2/t27-,29-,32+/m1/s1. The van der Waals surface area contributed by atoms with Crippen LogP contribution in [0.25, 0.3) is 0 Å². The number of fused-ring (bicyclic) bond motifs is 3. The summed E-state index contributed by atoms with van der Waals surface area (Å²) in [6.07, 6.45) is 7.69. The fraction of sp³-hybridized carbons (Fsp3) is 0.156. The van der Waals surface area contributed by atoms with Crippen LogP contribution in [0.4, 0.5) is 11.4 Å². The number of hydrogen-bond donors (Lipinski definition) is 1. The molecule has 1 heterocycles. The number of aliphatic imine (C=N–C) groups is 1. The number of ether oxygens (including phenoxy) is 1. The van der Waals surface area contributed by atoms with E-state index >= 15 is 0 Å². The van der Waals surface area contributed by atoms with Crippen LogP contribution in [0.15, 0.2) is 117 Å². The van der Waals surface area contributed by atoms with E-state index in [9.17, 15) is 0 Å². The smallest absolute Gasteiger partial charge is 0.128 e. The van der Waals surface area contributed by atoms with Crippen molar-refractivity contribution in [2.45, 2.75) is 25.0 Å². The molecule has 1 aliphatic carbocycles. The Morgan fingerprint density at radius 2 is 1.68 bits per heavy atom. The Hall–Kier alpha value is -3.15. The summed E-state index contributed by atoms with van der Waals surface area (Å²) in [5.41, 5.74) is 6.91. The minimum Gasteiger partial charge on any atom is -0.488 e. The predicted octanol–water partition coefficient (Wildman–Crippen LogP) is 9.37. The third-order valence-electron chi connectivity index (χ3n) is 7.16.